The molecule has 1 N–H and O–H groups in total. The molecule has 0 aliphatic heterocycles. The van der Waals surface area contributed by atoms with Gasteiger partial charge < -0.3 is 10.1 Å². The molecule has 2 atom stereocenters. The zero-order chi connectivity index (χ0) is 12.8. The molecule has 1 aromatic carbocycles. The molecule has 1 rings (SSSR count). The Morgan fingerprint density at radius 1 is 1.29 bits per heavy atom. The van der Waals surface area contributed by atoms with Crippen molar-refractivity contribution in [3.05, 3.63) is 35.9 Å². The second-order valence-corrected chi connectivity index (χ2v) is 4.15. The maximum absolute atomic E-state index is 11.6. The fraction of sp³-hybridized carbons (Fsp3) is 0.333. The number of carbonyl (C=O) groups excluding carboxylic acids is 2. The standard InChI is InChI=1S/C12H14ClNO3/c1-8(13)11(15)14-10(12(16)17-2)9-6-4-3-5-7-9/h3-8,10H,1-2H3,(H,14,15). The number of benzene rings is 1. The molecular weight excluding hydrogens is 242 g/mol. The number of hydrogen-bond donors (Lipinski definition) is 1. The van der Waals surface area contributed by atoms with Crippen molar-refractivity contribution in [1.82, 2.24) is 5.32 Å². The lowest BCUT2D eigenvalue weighted by Crippen LogP contribution is -2.37. The zero-order valence-electron chi connectivity index (χ0n) is 9.64. The van der Waals surface area contributed by atoms with Crippen LogP contribution in [0.3, 0.4) is 0 Å². The third kappa shape index (κ3) is 3.75. The number of amides is 1. The van der Waals surface area contributed by atoms with Crippen molar-refractivity contribution in [1.29, 1.82) is 0 Å². The highest BCUT2D eigenvalue weighted by molar-refractivity contribution is 6.30. The molecule has 0 radical (unpaired) electrons. The van der Waals surface area contributed by atoms with Gasteiger partial charge in [-0.25, -0.2) is 4.79 Å². The van der Waals surface area contributed by atoms with E-state index in [1.54, 1.807) is 24.3 Å². The number of esters is 1. The minimum absolute atomic E-state index is 0.411. The van der Waals surface area contributed by atoms with E-state index < -0.39 is 23.3 Å². The van der Waals surface area contributed by atoms with E-state index in [0.29, 0.717) is 5.56 Å². The molecule has 17 heavy (non-hydrogen) atoms. The van der Waals surface area contributed by atoms with Crippen LogP contribution in [0.5, 0.6) is 0 Å². The number of alkyl halides is 1. The van der Waals surface area contributed by atoms with Crippen molar-refractivity contribution in [2.75, 3.05) is 7.11 Å². The molecule has 0 spiro atoms. The Balaban J connectivity index is 2.90. The SMILES string of the molecule is COC(=O)C(NC(=O)C(C)Cl)c1ccccc1. The summed E-state index contributed by atoms with van der Waals surface area (Å²) in [5.74, 6) is -0.937. The van der Waals surface area contributed by atoms with E-state index in [1.807, 2.05) is 6.07 Å². The van der Waals surface area contributed by atoms with Crippen molar-refractivity contribution in [3.8, 4) is 0 Å². The van der Waals surface area contributed by atoms with Crippen LogP contribution in [0, 0.1) is 0 Å². The summed E-state index contributed by atoms with van der Waals surface area (Å²) in [6.45, 7) is 1.54. The number of hydrogen-bond acceptors (Lipinski definition) is 3. The summed E-state index contributed by atoms with van der Waals surface area (Å²) in [5.41, 5.74) is 0.657. The van der Waals surface area contributed by atoms with Gasteiger partial charge in [0.15, 0.2) is 6.04 Å². The average Bonchev–Trinajstić information content (AvgIpc) is 2.35. The molecule has 92 valence electrons. The second kappa shape index (κ2) is 6.25. The Labute approximate surface area is 105 Å². The maximum atomic E-state index is 11.6. The highest BCUT2D eigenvalue weighted by Crippen LogP contribution is 2.14. The smallest absolute Gasteiger partial charge is 0.333 e. The summed E-state index contributed by atoms with van der Waals surface area (Å²) < 4.78 is 4.65. The summed E-state index contributed by atoms with van der Waals surface area (Å²) >= 11 is 5.64. The topological polar surface area (TPSA) is 55.4 Å². The highest BCUT2D eigenvalue weighted by atomic mass is 35.5. The predicted octanol–water partition coefficient (Wildman–Crippen LogP) is 1.64. The Morgan fingerprint density at radius 3 is 2.35 bits per heavy atom. The predicted molar refractivity (Wildman–Crippen MR) is 64.7 cm³/mol. The molecule has 0 aliphatic carbocycles. The number of methoxy groups -OCH3 is 1. The Kier molecular flexibility index (Phi) is 4.97. The van der Waals surface area contributed by atoms with Gasteiger partial charge in [-0.2, -0.15) is 0 Å². The van der Waals surface area contributed by atoms with Gasteiger partial charge in [-0.15, -0.1) is 11.6 Å². The van der Waals surface area contributed by atoms with Gasteiger partial charge in [-0.1, -0.05) is 30.3 Å². The van der Waals surface area contributed by atoms with Crippen LogP contribution in [0.2, 0.25) is 0 Å². The van der Waals surface area contributed by atoms with Gasteiger partial charge >= 0.3 is 5.97 Å². The van der Waals surface area contributed by atoms with Crippen LogP contribution in [0.15, 0.2) is 30.3 Å². The number of nitrogens with one attached hydrogen (secondary N) is 1. The first-order chi connectivity index (χ1) is 8.06. The van der Waals surface area contributed by atoms with Crippen LogP contribution in [0.1, 0.15) is 18.5 Å². The first-order valence-corrected chi connectivity index (χ1v) is 5.57. The Morgan fingerprint density at radius 2 is 1.88 bits per heavy atom. The van der Waals surface area contributed by atoms with Gasteiger partial charge in [0.1, 0.15) is 5.38 Å². The first kappa shape index (κ1) is 13.5. The molecule has 0 aliphatic rings. The van der Waals surface area contributed by atoms with Crippen molar-refractivity contribution in [2.24, 2.45) is 0 Å². The minimum atomic E-state index is -0.824. The zero-order valence-corrected chi connectivity index (χ0v) is 10.4. The van der Waals surface area contributed by atoms with Crippen molar-refractivity contribution in [2.45, 2.75) is 18.3 Å². The molecule has 0 aromatic heterocycles. The van der Waals surface area contributed by atoms with Gasteiger partial charge in [-0.3, -0.25) is 4.79 Å². The molecule has 2 unspecified atom stereocenters. The minimum Gasteiger partial charge on any atom is -0.467 e. The highest BCUT2D eigenvalue weighted by Gasteiger charge is 2.24. The Hall–Kier alpha value is -1.55. The summed E-state index contributed by atoms with van der Waals surface area (Å²) in [7, 11) is 1.27. The summed E-state index contributed by atoms with van der Waals surface area (Å²) in [5, 5.41) is 1.84. The third-order valence-corrected chi connectivity index (χ3v) is 2.42. The van der Waals surface area contributed by atoms with E-state index in [2.05, 4.69) is 10.1 Å². The summed E-state index contributed by atoms with van der Waals surface area (Å²) in [6.07, 6.45) is 0. The van der Waals surface area contributed by atoms with E-state index in [9.17, 15) is 9.59 Å². The van der Waals surface area contributed by atoms with E-state index >= 15 is 0 Å². The lowest BCUT2D eigenvalue weighted by atomic mass is 10.1. The second-order valence-electron chi connectivity index (χ2n) is 3.49. The lowest BCUT2D eigenvalue weighted by Gasteiger charge is -2.17. The first-order valence-electron chi connectivity index (χ1n) is 5.13. The van der Waals surface area contributed by atoms with E-state index in [0.717, 1.165) is 0 Å². The van der Waals surface area contributed by atoms with E-state index in [4.69, 9.17) is 11.6 Å². The van der Waals surface area contributed by atoms with E-state index in [-0.39, 0.29) is 0 Å². The van der Waals surface area contributed by atoms with Gasteiger partial charge in [0.2, 0.25) is 5.91 Å². The van der Waals surface area contributed by atoms with Crippen molar-refractivity contribution in [3.63, 3.8) is 0 Å². The van der Waals surface area contributed by atoms with Crippen LogP contribution in [-0.4, -0.2) is 24.4 Å². The summed E-state index contributed by atoms with van der Waals surface area (Å²) in [6, 6.07) is 8.03. The average molecular weight is 256 g/mol. The quantitative estimate of drug-likeness (QED) is 0.657. The molecule has 0 saturated carbocycles. The van der Waals surface area contributed by atoms with Crippen molar-refractivity contribution < 1.29 is 14.3 Å². The van der Waals surface area contributed by atoms with Gasteiger partial charge in [0.05, 0.1) is 7.11 Å². The number of ether oxygens (including phenoxy) is 1. The van der Waals surface area contributed by atoms with Gasteiger partial charge in [-0.05, 0) is 12.5 Å². The van der Waals surface area contributed by atoms with Gasteiger partial charge in [0, 0.05) is 0 Å². The molecule has 1 amide bonds. The lowest BCUT2D eigenvalue weighted by molar-refractivity contribution is -0.145. The molecule has 4 nitrogen and oxygen atoms in total. The summed E-state index contributed by atoms with van der Waals surface area (Å²) in [4.78, 5) is 23.1. The monoisotopic (exact) mass is 255 g/mol. The van der Waals surface area contributed by atoms with E-state index in [1.165, 1.54) is 14.0 Å². The molecular formula is C12H14ClNO3. The van der Waals surface area contributed by atoms with Crippen LogP contribution < -0.4 is 5.32 Å². The molecule has 1 aromatic rings. The fourth-order valence-corrected chi connectivity index (χ4v) is 1.36. The number of carbonyl (C=O) groups is 2. The molecule has 5 heteroatoms. The third-order valence-electron chi connectivity index (χ3n) is 2.22. The van der Waals surface area contributed by atoms with Gasteiger partial charge in [0.25, 0.3) is 0 Å². The normalized spacial score (nSPS) is 13.6. The van der Waals surface area contributed by atoms with Crippen LogP contribution in [-0.2, 0) is 14.3 Å². The molecule has 0 fully saturated rings. The molecule has 0 heterocycles. The molecule has 0 bridgehead atoms. The number of halogens is 1. The molecule has 0 saturated heterocycles. The Bertz CT molecular complexity index is 392. The van der Waals surface area contributed by atoms with Crippen LogP contribution >= 0.6 is 11.6 Å². The van der Waals surface area contributed by atoms with Crippen LogP contribution in [0.25, 0.3) is 0 Å². The van der Waals surface area contributed by atoms with Crippen LogP contribution in [0.4, 0.5) is 0 Å². The maximum Gasteiger partial charge on any atom is 0.333 e. The number of rotatable bonds is 4. The fourth-order valence-electron chi connectivity index (χ4n) is 1.30. The largest absolute Gasteiger partial charge is 0.467 e. The van der Waals surface area contributed by atoms with Crippen molar-refractivity contribution >= 4 is 23.5 Å².